The second-order valence-electron chi connectivity index (χ2n) is 2.42. The highest BCUT2D eigenvalue weighted by Gasteiger charge is 2.36. The third-order valence-electron chi connectivity index (χ3n) is 1.36. The van der Waals surface area contributed by atoms with Crippen LogP contribution in [0, 0.1) is 13.8 Å². The third kappa shape index (κ3) is 2.84. The van der Waals surface area contributed by atoms with E-state index in [1.165, 1.54) is 22.6 Å². The Kier molecular flexibility index (Phi) is 3.40. The summed E-state index contributed by atoms with van der Waals surface area (Å²) in [4.78, 5) is 12.6. The van der Waals surface area contributed by atoms with E-state index in [1.807, 2.05) is 0 Å². The van der Waals surface area contributed by atoms with Crippen LogP contribution in [0.4, 0.5) is 18.9 Å². The van der Waals surface area contributed by atoms with Crippen LogP contribution in [0.15, 0.2) is 6.20 Å². The zero-order chi connectivity index (χ0) is 12.5. The molecular formula is C6H2F3IN2O4. The lowest BCUT2D eigenvalue weighted by Gasteiger charge is -2.09. The molecule has 88 valence electrons. The van der Waals surface area contributed by atoms with Gasteiger partial charge in [-0.15, -0.1) is 13.2 Å². The number of nitro groups is 1. The Labute approximate surface area is 99.3 Å². The van der Waals surface area contributed by atoms with Gasteiger partial charge in [0, 0.05) is 0 Å². The molecule has 0 aromatic carbocycles. The van der Waals surface area contributed by atoms with Crippen molar-refractivity contribution in [3.8, 4) is 11.5 Å². The molecule has 6 nitrogen and oxygen atoms in total. The molecule has 0 radical (unpaired) electrons. The summed E-state index contributed by atoms with van der Waals surface area (Å²) in [6, 6.07) is 0. The topological polar surface area (TPSA) is 85.5 Å². The highest BCUT2D eigenvalue weighted by molar-refractivity contribution is 14.1. The lowest BCUT2D eigenvalue weighted by molar-refractivity contribution is -0.389. The van der Waals surface area contributed by atoms with E-state index in [0.717, 1.165) is 0 Å². The average molecular weight is 350 g/mol. The van der Waals surface area contributed by atoms with Gasteiger partial charge in [-0.3, -0.25) is 10.1 Å². The average Bonchev–Trinajstić information content (AvgIpc) is 2.08. The van der Waals surface area contributed by atoms with E-state index in [1.54, 1.807) is 0 Å². The van der Waals surface area contributed by atoms with Crippen molar-refractivity contribution in [3.63, 3.8) is 0 Å². The van der Waals surface area contributed by atoms with Crippen LogP contribution in [0.3, 0.4) is 0 Å². The van der Waals surface area contributed by atoms with Gasteiger partial charge >= 0.3 is 12.0 Å². The molecule has 0 amide bonds. The quantitative estimate of drug-likeness (QED) is 0.383. The summed E-state index contributed by atoms with van der Waals surface area (Å²) in [5.74, 6) is -2.12. The molecule has 1 heterocycles. The van der Waals surface area contributed by atoms with Crippen molar-refractivity contribution in [1.29, 1.82) is 0 Å². The molecule has 16 heavy (non-hydrogen) atoms. The zero-order valence-corrected chi connectivity index (χ0v) is 9.31. The lowest BCUT2D eigenvalue weighted by atomic mass is 10.3. The van der Waals surface area contributed by atoms with Crippen molar-refractivity contribution in [2.75, 3.05) is 0 Å². The summed E-state index contributed by atoms with van der Waals surface area (Å²) in [7, 11) is 0. The molecule has 0 fully saturated rings. The number of halogens is 4. The van der Waals surface area contributed by atoms with E-state index >= 15 is 0 Å². The van der Waals surface area contributed by atoms with Gasteiger partial charge in [0.1, 0.15) is 3.70 Å². The van der Waals surface area contributed by atoms with Crippen LogP contribution in [0.1, 0.15) is 0 Å². The molecule has 0 atom stereocenters. The first-order valence-corrected chi connectivity index (χ1v) is 4.58. The second kappa shape index (κ2) is 4.27. The fourth-order valence-electron chi connectivity index (χ4n) is 0.828. The third-order valence-corrected chi connectivity index (χ3v) is 2.15. The van der Waals surface area contributed by atoms with Gasteiger partial charge in [0.05, 0.1) is 11.1 Å². The molecule has 0 aliphatic heterocycles. The zero-order valence-electron chi connectivity index (χ0n) is 7.16. The maximum Gasteiger partial charge on any atom is 0.573 e. The summed E-state index contributed by atoms with van der Waals surface area (Å²) in [6.45, 7) is 0. The van der Waals surface area contributed by atoms with Crippen molar-refractivity contribution >= 4 is 28.3 Å². The molecule has 0 saturated heterocycles. The summed E-state index contributed by atoms with van der Waals surface area (Å²) in [6.07, 6.45) is -4.57. The first-order valence-electron chi connectivity index (χ1n) is 3.50. The molecule has 1 N–H and O–H groups in total. The van der Waals surface area contributed by atoms with E-state index in [4.69, 9.17) is 0 Å². The maximum atomic E-state index is 11.9. The molecule has 1 aromatic heterocycles. The Balaban J connectivity index is 3.29. The van der Waals surface area contributed by atoms with E-state index in [-0.39, 0.29) is 3.70 Å². The van der Waals surface area contributed by atoms with E-state index in [9.17, 15) is 28.4 Å². The Morgan fingerprint density at radius 2 is 2.12 bits per heavy atom. The monoisotopic (exact) mass is 350 g/mol. The normalized spacial score (nSPS) is 11.2. The summed E-state index contributed by atoms with van der Waals surface area (Å²) in [5.41, 5.74) is -1.17. The Hall–Kier alpha value is -1.33. The van der Waals surface area contributed by atoms with Crippen LogP contribution in [0.25, 0.3) is 0 Å². The van der Waals surface area contributed by atoms with Gasteiger partial charge in [-0.25, -0.2) is 4.98 Å². The van der Waals surface area contributed by atoms with Gasteiger partial charge in [0.15, 0.2) is 0 Å². The van der Waals surface area contributed by atoms with Crippen LogP contribution >= 0.6 is 22.6 Å². The van der Waals surface area contributed by atoms with Crippen LogP contribution in [0.5, 0.6) is 11.5 Å². The van der Waals surface area contributed by atoms with E-state index in [0.29, 0.717) is 6.20 Å². The minimum atomic E-state index is -5.09. The largest absolute Gasteiger partial charge is 0.573 e. The van der Waals surface area contributed by atoms with Gasteiger partial charge < -0.3 is 9.84 Å². The Bertz CT molecular complexity index is 437. The van der Waals surface area contributed by atoms with Crippen molar-refractivity contribution < 1.29 is 27.9 Å². The van der Waals surface area contributed by atoms with Gasteiger partial charge in [-0.1, -0.05) is 0 Å². The first-order chi connectivity index (χ1) is 7.22. The number of alkyl halides is 3. The van der Waals surface area contributed by atoms with Crippen LogP contribution < -0.4 is 4.74 Å². The number of aromatic nitrogens is 1. The molecule has 0 bridgehead atoms. The highest BCUT2D eigenvalue weighted by Crippen LogP contribution is 2.39. The number of aromatic hydroxyl groups is 1. The van der Waals surface area contributed by atoms with Gasteiger partial charge in [-0.2, -0.15) is 0 Å². The predicted octanol–water partition coefficient (Wildman–Crippen LogP) is 2.20. The summed E-state index contributed by atoms with van der Waals surface area (Å²) in [5, 5.41) is 19.6. The van der Waals surface area contributed by atoms with Crippen molar-refractivity contribution in [3.05, 3.63) is 20.0 Å². The van der Waals surface area contributed by atoms with Crippen LogP contribution in [0.2, 0.25) is 0 Å². The molecule has 0 saturated carbocycles. The molecular weight excluding hydrogens is 348 g/mol. The fraction of sp³-hybridized carbons (Fsp3) is 0.167. The molecule has 0 aliphatic rings. The summed E-state index contributed by atoms with van der Waals surface area (Å²) < 4.78 is 38.7. The predicted molar refractivity (Wildman–Crippen MR) is 52.0 cm³/mol. The van der Waals surface area contributed by atoms with Crippen LogP contribution in [-0.4, -0.2) is 21.4 Å². The summed E-state index contributed by atoms with van der Waals surface area (Å²) >= 11 is 1.43. The second-order valence-corrected chi connectivity index (χ2v) is 3.44. The fourth-order valence-corrected chi connectivity index (χ4v) is 1.22. The van der Waals surface area contributed by atoms with E-state index < -0.39 is 28.5 Å². The van der Waals surface area contributed by atoms with E-state index in [2.05, 4.69) is 9.72 Å². The van der Waals surface area contributed by atoms with Crippen molar-refractivity contribution in [2.24, 2.45) is 0 Å². The standard InChI is InChI=1S/C6H2F3IN2O4/c7-6(8,9)16-2-1-11-5(10)4(13)3(2)12(14)15/h1,13H. The van der Waals surface area contributed by atoms with Gasteiger partial charge in [0.2, 0.25) is 11.5 Å². The van der Waals surface area contributed by atoms with Gasteiger partial charge in [-0.05, 0) is 22.6 Å². The number of hydrogen-bond donors (Lipinski definition) is 1. The minimum Gasteiger partial charge on any atom is -0.500 e. The van der Waals surface area contributed by atoms with Crippen molar-refractivity contribution in [1.82, 2.24) is 4.98 Å². The molecule has 10 heteroatoms. The molecule has 0 aliphatic carbocycles. The maximum absolute atomic E-state index is 11.9. The lowest BCUT2D eigenvalue weighted by Crippen LogP contribution is -2.18. The number of rotatable bonds is 2. The molecule has 0 spiro atoms. The highest BCUT2D eigenvalue weighted by atomic mass is 127. The number of hydrogen-bond acceptors (Lipinski definition) is 5. The number of ether oxygens (including phenoxy) is 1. The Morgan fingerprint density at radius 3 is 2.56 bits per heavy atom. The molecule has 0 unspecified atom stereocenters. The SMILES string of the molecule is O=[N+]([O-])c1c(OC(F)(F)F)cnc(I)c1O. The minimum absolute atomic E-state index is 0.196. The number of pyridine rings is 1. The molecule has 1 aromatic rings. The molecule has 1 rings (SSSR count). The first kappa shape index (κ1) is 12.7. The van der Waals surface area contributed by atoms with Gasteiger partial charge in [0.25, 0.3) is 0 Å². The van der Waals surface area contributed by atoms with Crippen LogP contribution in [-0.2, 0) is 0 Å². The number of nitrogens with zero attached hydrogens (tertiary/aromatic N) is 2. The smallest absolute Gasteiger partial charge is 0.500 e. The van der Waals surface area contributed by atoms with Crippen molar-refractivity contribution in [2.45, 2.75) is 6.36 Å². The Morgan fingerprint density at radius 1 is 1.56 bits per heavy atom.